The molecule has 0 N–H and O–H groups in total. The lowest BCUT2D eigenvalue weighted by atomic mass is 9.93. The Kier molecular flexibility index (Phi) is 4.34. The van der Waals surface area contributed by atoms with Gasteiger partial charge in [0.2, 0.25) is 0 Å². The first-order valence-corrected chi connectivity index (χ1v) is 7.96. The van der Waals surface area contributed by atoms with E-state index in [0.717, 1.165) is 33.9 Å². The number of rotatable bonds is 4. The third-order valence-corrected chi connectivity index (χ3v) is 4.17. The molecule has 3 rings (SSSR count). The number of halogens is 1. The minimum atomic E-state index is -0.293. The maximum absolute atomic E-state index is 13.3. The van der Waals surface area contributed by atoms with Crippen LogP contribution in [0.5, 0.6) is 0 Å². The summed E-state index contributed by atoms with van der Waals surface area (Å²) < 4.78 is 19.4. The zero-order valence-corrected chi connectivity index (χ0v) is 14.0. The molecule has 0 saturated heterocycles. The number of benzene rings is 2. The number of aldehydes is 1. The van der Waals surface area contributed by atoms with E-state index in [1.165, 1.54) is 23.8 Å². The molecule has 0 fully saturated rings. The van der Waals surface area contributed by atoms with Crippen molar-refractivity contribution in [2.45, 2.75) is 26.7 Å². The van der Waals surface area contributed by atoms with E-state index in [1.807, 2.05) is 13.0 Å². The predicted molar refractivity (Wildman–Crippen MR) is 95.5 cm³/mol. The van der Waals surface area contributed by atoms with Gasteiger partial charge in [0, 0.05) is 16.5 Å². The molecule has 2 nitrogen and oxygen atoms in total. The molecule has 3 heteroatoms. The van der Waals surface area contributed by atoms with Crippen LogP contribution in [0, 0.1) is 12.7 Å². The highest BCUT2D eigenvalue weighted by molar-refractivity contribution is 5.99. The van der Waals surface area contributed by atoms with Gasteiger partial charge >= 0.3 is 0 Å². The lowest BCUT2D eigenvalue weighted by Gasteiger charge is -2.08. The van der Waals surface area contributed by atoms with E-state index in [4.69, 9.17) is 4.42 Å². The molecule has 0 aliphatic carbocycles. The van der Waals surface area contributed by atoms with Crippen molar-refractivity contribution in [2.24, 2.45) is 0 Å². The molecule has 0 amide bonds. The molecule has 0 saturated carbocycles. The second-order valence-corrected chi connectivity index (χ2v) is 6.18. The quantitative estimate of drug-likeness (QED) is 0.443. The molecule has 122 valence electrons. The highest BCUT2D eigenvalue weighted by Crippen LogP contribution is 2.40. The Hall–Kier alpha value is -2.68. The van der Waals surface area contributed by atoms with E-state index >= 15 is 0 Å². The summed E-state index contributed by atoms with van der Waals surface area (Å²) >= 11 is 0. The molecule has 0 atom stereocenters. The summed E-state index contributed by atoms with van der Waals surface area (Å²) in [5.74, 6) is 0.674. The molecule has 0 spiro atoms. The number of carbonyl (C=O) groups is 1. The normalized spacial score (nSPS) is 11.7. The lowest BCUT2D eigenvalue weighted by Crippen LogP contribution is -1.90. The van der Waals surface area contributed by atoms with Crippen LogP contribution in [0.25, 0.3) is 28.4 Å². The second kappa shape index (κ2) is 6.44. The van der Waals surface area contributed by atoms with E-state index in [-0.39, 0.29) is 5.82 Å². The topological polar surface area (TPSA) is 30.2 Å². The van der Waals surface area contributed by atoms with Crippen LogP contribution >= 0.6 is 0 Å². The van der Waals surface area contributed by atoms with Crippen molar-refractivity contribution in [2.75, 3.05) is 0 Å². The van der Waals surface area contributed by atoms with Crippen LogP contribution in [0.2, 0.25) is 0 Å². The number of furan rings is 1. The van der Waals surface area contributed by atoms with Crippen LogP contribution in [0.15, 0.2) is 46.9 Å². The van der Waals surface area contributed by atoms with E-state index < -0.39 is 0 Å². The highest BCUT2D eigenvalue weighted by atomic mass is 19.1. The Balaban J connectivity index is 2.38. The predicted octanol–water partition coefficient (Wildman–Crippen LogP) is 5.88. The highest BCUT2D eigenvalue weighted by Gasteiger charge is 2.19. The maximum Gasteiger partial charge on any atom is 0.142 e. The van der Waals surface area contributed by atoms with Gasteiger partial charge in [0.05, 0.1) is 0 Å². The summed E-state index contributed by atoms with van der Waals surface area (Å²) in [5.41, 5.74) is 4.65. The van der Waals surface area contributed by atoms with E-state index in [2.05, 4.69) is 19.9 Å². The average Bonchev–Trinajstić information content (AvgIpc) is 2.94. The molecule has 1 heterocycles. The smallest absolute Gasteiger partial charge is 0.142 e. The molecule has 0 bridgehead atoms. The summed E-state index contributed by atoms with van der Waals surface area (Å²) in [4.78, 5) is 10.8. The molecule has 2 aromatic carbocycles. The monoisotopic (exact) mass is 322 g/mol. The third kappa shape index (κ3) is 2.78. The fourth-order valence-corrected chi connectivity index (χ4v) is 2.97. The number of fused-ring (bicyclic) bond motifs is 1. The Labute approximate surface area is 140 Å². The zero-order chi connectivity index (χ0) is 17.3. The zero-order valence-electron chi connectivity index (χ0n) is 14.0. The Morgan fingerprint density at radius 2 is 1.79 bits per heavy atom. The number of allylic oxidation sites excluding steroid dienone is 1. The number of hydrogen-bond donors (Lipinski definition) is 0. The first-order valence-electron chi connectivity index (χ1n) is 7.96. The van der Waals surface area contributed by atoms with Crippen molar-refractivity contribution in [1.82, 2.24) is 0 Å². The molecule has 0 radical (unpaired) electrons. The summed E-state index contributed by atoms with van der Waals surface area (Å²) in [5, 5.41) is 1.02. The molecule has 0 unspecified atom stereocenters. The molecule has 3 aromatic rings. The fourth-order valence-electron chi connectivity index (χ4n) is 2.97. The Morgan fingerprint density at radius 3 is 2.42 bits per heavy atom. The van der Waals surface area contributed by atoms with Crippen LogP contribution in [0.3, 0.4) is 0 Å². The van der Waals surface area contributed by atoms with Gasteiger partial charge < -0.3 is 4.42 Å². The molecular formula is C21H19FO2. The van der Waals surface area contributed by atoms with Gasteiger partial charge in [-0.15, -0.1) is 0 Å². The van der Waals surface area contributed by atoms with Gasteiger partial charge in [-0.25, -0.2) is 4.39 Å². The summed E-state index contributed by atoms with van der Waals surface area (Å²) in [6.45, 7) is 6.25. The van der Waals surface area contributed by atoms with Crippen LogP contribution in [-0.4, -0.2) is 6.29 Å². The minimum absolute atomic E-state index is 0.293. The van der Waals surface area contributed by atoms with Gasteiger partial charge in [-0.1, -0.05) is 26.0 Å². The minimum Gasteiger partial charge on any atom is -0.455 e. The van der Waals surface area contributed by atoms with Crippen LogP contribution in [-0.2, 0) is 4.79 Å². The van der Waals surface area contributed by atoms with Gasteiger partial charge in [-0.3, -0.25) is 4.79 Å². The number of aryl methyl sites for hydroxylation is 1. The summed E-state index contributed by atoms with van der Waals surface area (Å²) in [6.07, 6.45) is 3.98. The largest absolute Gasteiger partial charge is 0.455 e. The molecule has 0 aliphatic rings. The lowest BCUT2D eigenvalue weighted by molar-refractivity contribution is -0.104. The maximum atomic E-state index is 13.3. The van der Waals surface area contributed by atoms with Crippen molar-refractivity contribution in [3.05, 3.63) is 65.0 Å². The molecule has 1 aromatic heterocycles. The van der Waals surface area contributed by atoms with Crippen LogP contribution in [0.1, 0.15) is 36.5 Å². The van der Waals surface area contributed by atoms with Crippen molar-refractivity contribution in [1.29, 1.82) is 0 Å². The van der Waals surface area contributed by atoms with Crippen LogP contribution in [0.4, 0.5) is 4.39 Å². The van der Waals surface area contributed by atoms with Gasteiger partial charge in [0.1, 0.15) is 23.4 Å². The Morgan fingerprint density at radius 1 is 1.08 bits per heavy atom. The number of carbonyl (C=O) groups excluding carboxylic acids is 1. The van der Waals surface area contributed by atoms with Gasteiger partial charge in [-0.05, 0) is 60.4 Å². The summed E-state index contributed by atoms with van der Waals surface area (Å²) in [6, 6.07) is 10.3. The third-order valence-electron chi connectivity index (χ3n) is 4.17. The van der Waals surface area contributed by atoms with Gasteiger partial charge in [0.25, 0.3) is 0 Å². The SMILES string of the molecule is Cc1ccc(C(C)C)c2c(/C=C/C=O)c(-c3ccc(F)cc3)oc12. The molecule has 0 aliphatic heterocycles. The average molecular weight is 322 g/mol. The fraction of sp³-hybridized carbons (Fsp3) is 0.190. The standard InChI is InChI=1S/C21H19FO2/c1-13(2)17-11-6-14(3)20-19(17)18(5-4-12-23)21(24-20)15-7-9-16(22)10-8-15/h4-13H,1-3H3/b5-4+. The van der Waals surface area contributed by atoms with E-state index in [0.29, 0.717) is 11.7 Å². The second-order valence-electron chi connectivity index (χ2n) is 6.18. The van der Waals surface area contributed by atoms with Crippen LogP contribution < -0.4 is 0 Å². The molecular weight excluding hydrogens is 303 g/mol. The van der Waals surface area contributed by atoms with E-state index in [1.54, 1.807) is 18.2 Å². The first kappa shape index (κ1) is 16.2. The first-order chi connectivity index (χ1) is 11.5. The summed E-state index contributed by atoms with van der Waals surface area (Å²) in [7, 11) is 0. The van der Waals surface area contributed by atoms with E-state index in [9.17, 15) is 9.18 Å². The van der Waals surface area contributed by atoms with Crippen molar-refractivity contribution >= 4 is 23.3 Å². The number of hydrogen-bond acceptors (Lipinski definition) is 2. The van der Waals surface area contributed by atoms with Crippen molar-refractivity contribution < 1.29 is 13.6 Å². The molecule has 24 heavy (non-hydrogen) atoms. The Bertz CT molecular complexity index is 915. The van der Waals surface area contributed by atoms with Crippen molar-refractivity contribution in [3.63, 3.8) is 0 Å². The van der Waals surface area contributed by atoms with Gasteiger partial charge in [0.15, 0.2) is 0 Å². The van der Waals surface area contributed by atoms with Crippen molar-refractivity contribution in [3.8, 4) is 11.3 Å². The van der Waals surface area contributed by atoms with Gasteiger partial charge in [-0.2, -0.15) is 0 Å².